The van der Waals surface area contributed by atoms with Gasteiger partial charge in [-0.1, -0.05) is 11.6 Å². The molecule has 1 atom stereocenters. The standard InChI is InChI=1S/C11H13ClN2OS/c12-10-2-1-8(16)5-9(10)11(15)14-4-3-7(13)6-14/h1-2,5,7,16H,3-4,6,13H2. The van der Waals surface area contributed by atoms with Crippen LogP contribution in [0.2, 0.25) is 5.02 Å². The number of nitrogens with zero attached hydrogens (tertiary/aromatic N) is 1. The third-order valence-corrected chi connectivity index (χ3v) is 3.30. The molecule has 0 aromatic heterocycles. The Morgan fingerprint density at radius 1 is 1.56 bits per heavy atom. The molecule has 3 nitrogen and oxygen atoms in total. The first-order chi connectivity index (χ1) is 7.58. The van der Waals surface area contributed by atoms with Crippen molar-refractivity contribution in [1.29, 1.82) is 0 Å². The largest absolute Gasteiger partial charge is 0.337 e. The Balaban J connectivity index is 2.23. The third-order valence-electron chi connectivity index (χ3n) is 2.69. The minimum atomic E-state index is -0.0612. The summed E-state index contributed by atoms with van der Waals surface area (Å²) in [6.07, 6.45) is 0.851. The van der Waals surface area contributed by atoms with E-state index in [1.165, 1.54) is 0 Å². The van der Waals surface area contributed by atoms with Crippen molar-refractivity contribution < 1.29 is 4.79 Å². The summed E-state index contributed by atoms with van der Waals surface area (Å²) in [7, 11) is 0. The summed E-state index contributed by atoms with van der Waals surface area (Å²) in [6, 6.07) is 5.23. The first-order valence-electron chi connectivity index (χ1n) is 5.11. The van der Waals surface area contributed by atoms with E-state index < -0.39 is 0 Å². The van der Waals surface area contributed by atoms with E-state index in [0.29, 0.717) is 23.7 Å². The van der Waals surface area contributed by atoms with Crippen LogP contribution in [0.1, 0.15) is 16.8 Å². The van der Waals surface area contributed by atoms with Crippen LogP contribution in [-0.2, 0) is 0 Å². The van der Waals surface area contributed by atoms with E-state index >= 15 is 0 Å². The Labute approximate surface area is 105 Å². The van der Waals surface area contributed by atoms with Gasteiger partial charge in [0.2, 0.25) is 0 Å². The summed E-state index contributed by atoms with van der Waals surface area (Å²) < 4.78 is 0. The monoisotopic (exact) mass is 256 g/mol. The zero-order valence-electron chi connectivity index (χ0n) is 8.69. The number of carbonyl (C=O) groups is 1. The van der Waals surface area contributed by atoms with Crippen LogP contribution < -0.4 is 5.73 Å². The number of thiol groups is 1. The Hall–Kier alpha value is -0.710. The Morgan fingerprint density at radius 3 is 2.94 bits per heavy atom. The van der Waals surface area contributed by atoms with Gasteiger partial charge in [-0.2, -0.15) is 0 Å². The van der Waals surface area contributed by atoms with E-state index in [2.05, 4.69) is 12.6 Å². The lowest BCUT2D eigenvalue weighted by atomic mass is 10.2. The third kappa shape index (κ3) is 2.34. The SMILES string of the molecule is NC1CCN(C(=O)c2cc(S)ccc2Cl)C1. The molecule has 1 aliphatic heterocycles. The summed E-state index contributed by atoms with van der Waals surface area (Å²) in [5.41, 5.74) is 6.27. The minimum Gasteiger partial charge on any atom is -0.337 e. The maximum atomic E-state index is 12.1. The van der Waals surface area contributed by atoms with E-state index in [0.717, 1.165) is 11.3 Å². The fourth-order valence-electron chi connectivity index (χ4n) is 1.82. The lowest BCUT2D eigenvalue weighted by Crippen LogP contribution is -2.32. The maximum absolute atomic E-state index is 12.1. The highest BCUT2D eigenvalue weighted by Crippen LogP contribution is 2.22. The number of hydrogen-bond donors (Lipinski definition) is 2. The summed E-state index contributed by atoms with van der Waals surface area (Å²) in [5.74, 6) is -0.0612. The molecule has 1 saturated heterocycles. The van der Waals surface area contributed by atoms with Crippen LogP contribution in [0, 0.1) is 0 Å². The molecule has 1 amide bonds. The predicted molar refractivity (Wildman–Crippen MR) is 67.2 cm³/mol. The first kappa shape index (κ1) is 11.8. The highest BCUT2D eigenvalue weighted by Gasteiger charge is 2.25. The number of carbonyl (C=O) groups excluding carboxylic acids is 1. The lowest BCUT2D eigenvalue weighted by molar-refractivity contribution is 0.0791. The molecule has 0 aliphatic carbocycles. The normalized spacial score (nSPS) is 20.2. The highest BCUT2D eigenvalue weighted by atomic mass is 35.5. The number of rotatable bonds is 1. The maximum Gasteiger partial charge on any atom is 0.255 e. The first-order valence-corrected chi connectivity index (χ1v) is 5.94. The van der Waals surface area contributed by atoms with Gasteiger partial charge < -0.3 is 10.6 Å². The number of nitrogens with two attached hydrogens (primary N) is 1. The van der Waals surface area contributed by atoms with Crippen molar-refractivity contribution in [3.63, 3.8) is 0 Å². The van der Waals surface area contributed by atoms with Gasteiger partial charge in [-0.3, -0.25) is 4.79 Å². The van der Waals surface area contributed by atoms with Crippen molar-refractivity contribution in [3.05, 3.63) is 28.8 Å². The molecule has 0 bridgehead atoms. The number of hydrogen-bond acceptors (Lipinski definition) is 3. The second-order valence-corrected chi connectivity index (χ2v) is 4.89. The van der Waals surface area contributed by atoms with Crippen molar-refractivity contribution in [2.75, 3.05) is 13.1 Å². The van der Waals surface area contributed by atoms with E-state index in [1.54, 1.807) is 23.1 Å². The van der Waals surface area contributed by atoms with Crippen molar-refractivity contribution in [3.8, 4) is 0 Å². The van der Waals surface area contributed by atoms with Gasteiger partial charge in [0.25, 0.3) is 5.91 Å². The van der Waals surface area contributed by atoms with Crippen LogP contribution in [0.3, 0.4) is 0 Å². The zero-order chi connectivity index (χ0) is 11.7. The number of amides is 1. The van der Waals surface area contributed by atoms with Crippen LogP contribution in [0.5, 0.6) is 0 Å². The summed E-state index contributed by atoms with van der Waals surface area (Å²) in [4.78, 5) is 14.6. The van der Waals surface area contributed by atoms with Gasteiger partial charge in [0.1, 0.15) is 0 Å². The van der Waals surface area contributed by atoms with Gasteiger partial charge in [-0.05, 0) is 24.6 Å². The van der Waals surface area contributed by atoms with Gasteiger partial charge in [-0.25, -0.2) is 0 Å². The number of halogens is 1. The molecule has 1 aromatic carbocycles. The molecule has 1 aliphatic rings. The van der Waals surface area contributed by atoms with E-state index in [9.17, 15) is 4.79 Å². The molecule has 2 rings (SSSR count). The molecule has 86 valence electrons. The second kappa shape index (κ2) is 4.65. The van der Waals surface area contributed by atoms with Gasteiger partial charge >= 0.3 is 0 Å². The van der Waals surface area contributed by atoms with Crippen molar-refractivity contribution in [2.45, 2.75) is 17.4 Å². The van der Waals surface area contributed by atoms with Crippen molar-refractivity contribution >= 4 is 30.1 Å². The van der Waals surface area contributed by atoms with Crippen molar-refractivity contribution in [2.24, 2.45) is 5.73 Å². The van der Waals surface area contributed by atoms with Crippen LogP contribution in [-0.4, -0.2) is 29.9 Å². The molecule has 2 N–H and O–H groups in total. The van der Waals surface area contributed by atoms with E-state index in [4.69, 9.17) is 17.3 Å². The average molecular weight is 257 g/mol. The molecule has 0 radical (unpaired) electrons. The van der Waals surface area contributed by atoms with Crippen LogP contribution >= 0.6 is 24.2 Å². The molecular weight excluding hydrogens is 244 g/mol. The quantitative estimate of drug-likeness (QED) is 0.753. The van der Waals surface area contributed by atoms with Gasteiger partial charge in [0.15, 0.2) is 0 Å². The lowest BCUT2D eigenvalue weighted by Gasteiger charge is -2.16. The van der Waals surface area contributed by atoms with Crippen LogP contribution in [0.4, 0.5) is 0 Å². The van der Waals surface area contributed by atoms with E-state index in [1.807, 2.05) is 0 Å². The molecule has 1 heterocycles. The molecule has 0 spiro atoms. The van der Waals surface area contributed by atoms with E-state index in [-0.39, 0.29) is 11.9 Å². The molecule has 5 heteroatoms. The fraction of sp³-hybridized carbons (Fsp3) is 0.364. The molecule has 1 aromatic rings. The predicted octanol–water partition coefficient (Wildman–Crippen LogP) is 1.80. The van der Waals surface area contributed by atoms with Crippen LogP contribution in [0.25, 0.3) is 0 Å². The Bertz CT molecular complexity index is 424. The highest BCUT2D eigenvalue weighted by molar-refractivity contribution is 7.80. The number of likely N-dealkylation sites (tertiary alicyclic amines) is 1. The van der Waals surface area contributed by atoms with Gasteiger partial charge in [0.05, 0.1) is 10.6 Å². The summed E-state index contributed by atoms with van der Waals surface area (Å²) in [5, 5.41) is 0.461. The minimum absolute atomic E-state index is 0.0612. The molecule has 0 saturated carbocycles. The fourth-order valence-corrected chi connectivity index (χ4v) is 2.22. The summed E-state index contributed by atoms with van der Waals surface area (Å²) >= 11 is 10.2. The molecule has 16 heavy (non-hydrogen) atoms. The topological polar surface area (TPSA) is 46.3 Å². The summed E-state index contributed by atoms with van der Waals surface area (Å²) in [6.45, 7) is 1.30. The smallest absolute Gasteiger partial charge is 0.255 e. The van der Waals surface area contributed by atoms with Crippen molar-refractivity contribution in [1.82, 2.24) is 4.90 Å². The Kier molecular flexibility index (Phi) is 3.42. The molecule has 1 fully saturated rings. The zero-order valence-corrected chi connectivity index (χ0v) is 10.3. The second-order valence-electron chi connectivity index (χ2n) is 3.96. The molecule has 1 unspecified atom stereocenters. The van der Waals surface area contributed by atoms with Gasteiger partial charge in [-0.15, -0.1) is 12.6 Å². The van der Waals surface area contributed by atoms with Gasteiger partial charge in [0, 0.05) is 24.0 Å². The number of benzene rings is 1. The van der Waals surface area contributed by atoms with Crippen LogP contribution in [0.15, 0.2) is 23.1 Å². The average Bonchev–Trinajstić information content (AvgIpc) is 2.67. The molecular formula is C11H13ClN2OS. The Morgan fingerprint density at radius 2 is 2.31 bits per heavy atom.